The maximum Gasteiger partial charge on any atom is 0.319 e. The van der Waals surface area contributed by atoms with E-state index in [1.807, 2.05) is 0 Å². The van der Waals surface area contributed by atoms with Gasteiger partial charge in [0.25, 0.3) is 0 Å². The Balaban J connectivity index is 1.76. The maximum absolute atomic E-state index is 13.5. The van der Waals surface area contributed by atoms with Gasteiger partial charge in [-0.1, -0.05) is 26.0 Å². The van der Waals surface area contributed by atoms with Crippen molar-refractivity contribution >= 4 is 11.7 Å². The van der Waals surface area contributed by atoms with Crippen LogP contribution in [-0.4, -0.2) is 36.6 Å². The first-order chi connectivity index (χ1) is 10.0. The van der Waals surface area contributed by atoms with Gasteiger partial charge in [-0.2, -0.15) is 0 Å². The molecule has 1 saturated heterocycles. The van der Waals surface area contributed by atoms with E-state index < -0.39 is 5.82 Å². The lowest BCUT2D eigenvalue weighted by atomic mass is 10.0. The third-order valence-electron chi connectivity index (χ3n) is 3.67. The molecule has 1 aromatic carbocycles. The second-order valence-electron chi connectivity index (χ2n) is 6.05. The van der Waals surface area contributed by atoms with Crippen molar-refractivity contribution in [1.82, 2.24) is 10.2 Å². The number of rotatable bonds is 4. The van der Waals surface area contributed by atoms with Crippen LogP contribution in [-0.2, 0) is 0 Å². The van der Waals surface area contributed by atoms with Gasteiger partial charge in [0.05, 0.1) is 5.69 Å². The SMILES string of the molecule is CC(C)CN1CCC(NC(=O)Nc2ccccc2F)CC1. The van der Waals surface area contributed by atoms with E-state index in [1.165, 1.54) is 6.07 Å². The molecule has 1 fully saturated rings. The first-order valence-corrected chi connectivity index (χ1v) is 7.59. The van der Waals surface area contributed by atoms with E-state index in [0.29, 0.717) is 5.92 Å². The lowest BCUT2D eigenvalue weighted by Gasteiger charge is -2.33. The summed E-state index contributed by atoms with van der Waals surface area (Å²) < 4.78 is 13.5. The van der Waals surface area contributed by atoms with Gasteiger partial charge in [-0.3, -0.25) is 0 Å². The summed E-state index contributed by atoms with van der Waals surface area (Å²) in [5.41, 5.74) is 0.215. The number of carbonyl (C=O) groups excluding carboxylic acids is 1. The Labute approximate surface area is 125 Å². The van der Waals surface area contributed by atoms with E-state index in [2.05, 4.69) is 29.4 Å². The molecule has 0 saturated carbocycles. The zero-order valence-electron chi connectivity index (χ0n) is 12.7. The van der Waals surface area contributed by atoms with Gasteiger partial charge >= 0.3 is 6.03 Å². The van der Waals surface area contributed by atoms with E-state index >= 15 is 0 Å². The van der Waals surface area contributed by atoms with Crippen LogP contribution in [0.3, 0.4) is 0 Å². The first-order valence-electron chi connectivity index (χ1n) is 7.59. The van der Waals surface area contributed by atoms with Gasteiger partial charge in [0, 0.05) is 25.7 Å². The summed E-state index contributed by atoms with van der Waals surface area (Å²) in [6.45, 7) is 7.54. The smallest absolute Gasteiger partial charge is 0.319 e. The highest BCUT2D eigenvalue weighted by molar-refractivity contribution is 5.89. The zero-order chi connectivity index (χ0) is 15.2. The van der Waals surface area contributed by atoms with Crippen LogP contribution in [0.2, 0.25) is 0 Å². The van der Waals surface area contributed by atoms with E-state index in [1.54, 1.807) is 18.2 Å². The van der Waals surface area contributed by atoms with Crippen molar-refractivity contribution in [3.63, 3.8) is 0 Å². The molecule has 0 aromatic heterocycles. The molecule has 0 atom stereocenters. The molecular formula is C16H24FN3O. The molecule has 21 heavy (non-hydrogen) atoms. The number of benzene rings is 1. The fourth-order valence-corrected chi connectivity index (χ4v) is 2.68. The maximum atomic E-state index is 13.5. The van der Waals surface area contributed by atoms with Gasteiger partial charge in [0.15, 0.2) is 0 Å². The Hall–Kier alpha value is -1.62. The highest BCUT2D eigenvalue weighted by Gasteiger charge is 2.21. The number of para-hydroxylation sites is 1. The monoisotopic (exact) mass is 293 g/mol. The van der Waals surface area contributed by atoms with Crippen molar-refractivity contribution in [1.29, 1.82) is 0 Å². The molecule has 0 radical (unpaired) electrons. The predicted octanol–water partition coefficient (Wildman–Crippen LogP) is 3.07. The molecule has 2 N–H and O–H groups in total. The molecule has 1 aliphatic heterocycles. The molecule has 4 nitrogen and oxygen atoms in total. The summed E-state index contributed by atoms with van der Waals surface area (Å²) in [6, 6.07) is 6.02. The van der Waals surface area contributed by atoms with Crippen molar-refractivity contribution in [3.8, 4) is 0 Å². The zero-order valence-corrected chi connectivity index (χ0v) is 12.7. The van der Waals surface area contributed by atoms with Crippen molar-refractivity contribution in [2.45, 2.75) is 32.7 Å². The van der Waals surface area contributed by atoms with E-state index in [9.17, 15) is 9.18 Å². The van der Waals surface area contributed by atoms with Gasteiger partial charge < -0.3 is 15.5 Å². The van der Waals surface area contributed by atoms with Gasteiger partial charge in [-0.25, -0.2) is 9.18 Å². The van der Waals surface area contributed by atoms with Crippen LogP contribution in [0.4, 0.5) is 14.9 Å². The minimum atomic E-state index is -0.417. The normalized spacial score (nSPS) is 17.0. The largest absolute Gasteiger partial charge is 0.335 e. The van der Waals surface area contributed by atoms with Crippen molar-refractivity contribution in [2.24, 2.45) is 5.92 Å². The summed E-state index contributed by atoms with van der Waals surface area (Å²) in [4.78, 5) is 14.3. The summed E-state index contributed by atoms with van der Waals surface area (Å²) in [5.74, 6) is 0.248. The van der Waals surface area contributed by atoms with E-state index in [-0.39, 0.29) is 17.8 Å². The number of carbonyl (C=O) groups is 1. The lowest BCUT2D eigenvalue weighted by Crippen LogP contribution is -2.46. The number of anilines is 1. The Kier molecular flexibility index (Phi) is 5.56. The van der Waals surface area contributed by atoms with Crippen LogP contribution in [0, 0.1) is 11.7 Å². The summed E-state index contributed by atoms with van der Waals surface area (Å²) in [6.07, 6.45) is 1.88. The minimum Gasteiger partial charge on any atom is -0.335 e. The number of amides is 2. The van der Waals surface area contributed by atoms with Crippen LogP contribution < -0.4 is 10.6 Å². The number of halogens is 1. The highest BCUT2D eigenvalue weighted by atomic mass is 19.1. The molecule has 0 unspecified atom stereocenters. The number of piperidine rings is 1. The Morgan fingerprint density at radius 3 is 2.62 bits per heavy atom. The molecule has 5 heteroatoms. The standard InChI is InChI=1S/C16H24FN3O/c1-12(2)11-20-9-7-13(8-10-20)18-16(21)19-15-6-4-3-5-14(15)17/h3-6,12-13H,7-11H2,1-2H3,(H2,18,19,21). The Bertz CT molecular complexity index is 470. The topological polar surface area (TPSA) is 44.4 Å². The van der Waals surface area contributed by atoms with Crippen LogP contribution >= 0.6 is 0 Å². The van der Waals surface area contributed by atoms with Gasteiger partial charge in [0.1, 0.15) is 5.82 Å². The summed E-state index contributed by atoms with van der Waals surface area (Å²) >= 11 is 0. The summed E-state index contributed by atoms with van der Waals surface area (Å²) in [5, 5.41) is 5.49. The number of urea groups is 1. The summed E-state index contributed by atoms with van der Waals surface area (Å²) in [7, 11) is 0. The third kappa shape index (κ3) is 5.01. The number of hydrogen-bond acceptors (Lipinski definition) is 2. The average molecular weight is 293 g/mol. The first kappa shape index (κ1) is 15.8. The molecular weight excluding hydrogens is 269 g/mol. The number of nitrogens with zero attached hydrogens (tertiary/aromatic N) is 1. The predicted molar refractivity (Wildman–Crippen MR) is 82.9 cm³/mol. The van der Waals surface area contributed by atoms with Crippen molar-refractivity contribution in [3.05, 3.63) is 30.1 Å². The Morgan fingerprint density at radius 1 is 1.33 bits per heavy atom. The molecule has 1 heterocycles. The Morgan fingerprint density at radius 2 is 2.00 bits per heavy atom. The number of likely N-dealkylation sites (tertiary alicyclic amines) is 1. The fraction of sp³-hybridized carbons (Fsp3) is 0.562. The molecule has 0 aliphatic carbocycles. The van der Waals surface area contributed by atoms with E-state index in [4.69, 9.17) is 0 Å². The fourth-order valence-electron chi connectivity index (χ4n) is 2.68. The van der Waals surface area contributed by atoms with Crippen molar-refractivity contribution in [2.75, 3.05) is 25.0 Å². The number of hydrogen-bond donors (Lipinski definition) is 2. The quantitative estimate of drug-likeness (QED) is 0.896. The molecule has 2 amide bonds. The van der Waals surface area contributed by atoms with Crippen molar-refractivity contribution < 1.29 is 9.18 Å². The minimum absolute atomic E-state index is 0.167. The van der Waals surface area contributed by atoms with E-state index in [0.717, 1.165) is 32.5 Å². The van der Waals surface area contributed by atoms with Crippen LogP contribution in [0.1, 0.15) is 26.7 Å². The van der Waals surface area contributed by atoms with Crippen LogP contribution in [0.25, 0.3) is 0 Å². The number of nitrogens with one attached hydrogen (secondary N) is 2. The second-order valence-corrected chi connectivity index (χ2v) is 6.05. The second kappa shape index (κ2) is 7.41. The molecule has 0 bridgehead atoms. The van der Waals surface area contributed by atoms with Crippen LogP contribution in [0.15, 0.2) is 24.3 Å². The molecule has 1 aliphatic rings. The molecule has 2 rings (SSSR count). The lowest BCUT2D eigenvalue weighted by molar-refractivity contribution is 0.180. The highest BCUT2D eigenvalue weighted by Crippen LogP contribution is 2.14. The molecule has 0 spiro atoms. The van der Waals surface area contributed by atoms with Gasteiger partial charge in [0.2, 0.25) is 0 Å². The van der Waals surface area contributed by atoms with Gasteiger partial charge in [-0.05, 0) is 30.9 Å². The van der Waals surface area contributed by atoms with Crippen LogP contribution in [0.5, 0.6) is 0 Å². The third-order valence-corrected chi connectivity index (χ3v) is 3.67. The molecule has 1 aromatic rings. The molecule has 116 valence electrons. The average Bonchev–Trinajstić information content (AvgIpc) is 2.43. The van der Waals surface area contributed by atoms with Gasteiger partial charge in [-0.15, -0.1) is 0 Å².